The molecule has 3 nitrogen and oxygen atoms in total. The van der Waals surface area contributed by atoms with Crippen molar-refractivity contribution < 1.29 is 5.11 Å². The minimum absolute atomic E-state index is 0.495. The lowest BCUT2D eigenvalue weighted by molar-refractivity contribution is 0.184. The summed E-state index contributed by atoms with van der Waals surface area (Å²) in [5.74, 6) is 0. The summed E-state index contributed by atoms with van der Waals surface area (Å²) in [5, 5.41) is 13.3. The first-order valence-corrected chi connectivity index (χ1v) is 4.04. The van der Waals surface area contributed by atoms with Crippen LogP contribution in [0.25, 0.3) is 0 Å². The maximum absolute atomic E-state index is 9.30. The van der Waals surface area contributed by atoms with Crippen molar-refractivity contribution in [3.8, 4) is 0 Å². The molecule has 1 rings (SSSR count). The van der Waals surface area contributed by atoms with E-state index in [-0.39, 0.29) is 0 Å². The smallest absolute Gasteiger partial charge is 0.0939 e. The van der Waals surface area contributed by atoms with E-state index in [1.807, 2.05) is 6.92 Å². The topological polar surface area (TPSA) is 38.0 Å². The Morgan fingerprint density at radius 3 is 2.82 bits per heavy atom. The van der Waals surface area contributed by atoms with Gasteiger partial charge in [-0.1, -0.05) is 0 Å². The van der Waals surface area contributed by atoms with Crippen molar-refractivity contribution in [3.63, 3.8) is 0 Å². The summed E-state index contributed by atoms with van der Waals surface area (Å²) in [6.07, 6.45) is 1.15. The standard InChI is InChI=1S/C7H12N2OS/c1-3-9-7(5(2)10)6(11)4-8-9/h4-5,10-11H,3H2,1-2H3/t5-/m1/s1. The van der Waals surface area contributed by atoms with Crippen LogP contribution in [0.3, 0.4) is 0 Å². The minimum Gasteiger partial charge on any atom is -0.387 e. The van der Waals surface area contributed by atoms with Crippen molar-refractivity contribution >= 4 is 12.6 Å². The molecule has 0 aliphatic rings. The number of aliphatic hydroxyl groups excluding tert-OH is 1. The molecule has 0 radical (unpaired) electrons. The van der Waals surface area contributed by atoms with E-state index in [9.17, 15) is 5.11 Å². The summed E-state index contributed by atoms with van der Waals surface area (Å²) in [6.45, 7) is 4.45. The van der Waals surface area contributed by atoms with Gasteiger partial charge < -0.3 is 5.11 Å². The number of aromatic nitrogens is 2. The van der Waals surface area contributed by atoms with Gasteiger partial charge in [0.2, 0.25) is 0 Å². The Labute approximate surface area is 71.4 Å². The second kappa shape index (κ2) is 3.28. The fourth-order valence-corrected chi connectivity index (χ4v) is 1.42. The van der Waals surface area contributed by atoms with E-state index in [1.54, 1.807) is 17.8 Å². The predicted octanol–water partition coefficient (Wildman–Crippen LogP) is 1.24. The molecule has 4 heteroatoms. The average Bonchev–Trinajstić information content (AvgIpc) is 2.30. The molecule has 0 saturated heterocycles. The molecule has 0 bridgehead atoms. The maximum Gasteiger partial charge on any atom is 0.0939 e. The Bertz CT molecular complexity index is 245. The van der Waals surface area contributed by atoms with Crippen LogP contribution in [0.5, 0.6) is 0 Å². The largest absolute Gasteiger partial charge is 0.387 e. The number of aryl methyl sites for hydroxylation is 1. The number of aliphatic hydroxyl groups is 1. The average molecular weight is 172 g/mol. The molecule has 1 N–H and O–H groups in total. The number of nitrogens with zero attached hydrogens (tertiary/aromatic N) is 2. The first kappa shape index (κ1) is 8.62. The van der Waals surface area contributed by atoms with Crippen LogP contribution in [0.1, 0.15) is 25.6 Å². The third-order valence-corrected chi connectivity index (χ3v) is 1.90. The summed E-state index contributed by atoms with van der Waals surface area (Å²) in [4.78, 5) is 0.752. The first-order valence-electron chi connectivity index (χ1n) is 3.59. The molecule has 0 amide bonds. The van der Waals surface area contributed by atoms with E-state index < -0.39 is 6.10 Å². The van der Waals surface area contributed by atoms with Crippen molar-refractivity contribution in [2.75, 3.05) is 0 Å². The lowest BCUT2D eigenvalue weighted by Gasteiger charge is -2.07. The molecule has 62 valence electrons. The fourth-order valence-electron chi connectivity index (χ4n) is 1.07. The maximum atomic E-state index is 9.30. The summed E-state index contributed by atoms with van der Waals surface area (Å²) >= 11 is 4.17. The Morgan fingerprint density at radius 2 is 2.45 bits per heavy atom. The molecular formula is C7H12N2OS. The summed E-state index contributed by atoms with van der Waals surface area (Å²) < 4.78 is 1.74. The van der Waals surface area contributed by atoms with Gasteiger partial charge in [-0.3, -0.25) is 4.68 Å². The van der Waals surface area contributed by atoms with Gasteiger partial charge in [-0.05, 0) is 13.8 Å². The predicted molar refractivity (Wildman–Crippen MR) is 45.8 cm³/mol. The molecule has 0 fully saturated rings. The molecule has 11 heavy (non-hydrogen) atoms. The molecule has 0 unspecified atom stereocenters. The minimum atomic E-state index is -0.495. The van der Waals surface area contributed by atoms with E-state index in [0.717, 1.165) is 17.1 Å². The van der Waals surface area contributed by atoms with E-state index in [0.29, 0.717) is 0 Å². The van der Waals surface area contributed by atoms with Gasteiger partial charge in [0, 0.05) is 11.4 Å². The van der Waals surface area contributed by atoms with Crippen LogP contribution in [0.15, 0.2) is 11.1 Å². The monoisotopic (exact) mass is 172 g/mol. The molecule has 1 atom stereocenters. The third kappa shape index (κ3) is 1.57. The molecular weight excluding hydrogens is 160 g/mol. The lowest BCUT2D eigenvalue weighted by atomic mass is 10.3. The van der Waals surface area contributed by atoms with E-state index in [2.05, 4.69) is 17.7 Å². The van der Waals surface area contributed by atoms with Gasteiger partial charge in [-0.25, -0.2) is 0 Å². The van der Waals surface area contributed by atoms with Crippen LogP contribution in [0.2, 0.25) is 0 Å². The number of thiol groups is 1. The fraction of sp³-hybridized carbons (Fsp3) is 0.571. The van der Waals surface area contributed by atoms with Crippen molar-refractivity contribution in [2.45, 2.75) is 31.4 Å². The van der Waals surface area contributed by atoms with Crippen LogP contribution in [0, 0.1) is 0 Å². The van der Waals surface area contributed by atoms with Gasteiger partial charge in [0.05, 0.1) is 18.0 Å². The molecule has 0 aromatic carbocycles. The highest BCUT2D eigenvalue weighted by Crippen LogP contribution is 2.20. The Morgan fingerprint density at radius 1 is 1.82 bits per heavy atom. The van der Waals surface area contributed by atoms with Crippen LogP contribution in [0.4, 0.5) is 0 Å². The van der Waals surface area contributed by atoms with Crippen LogP contribution in [-0.4, -0.2) is 14.9 Å². The normalized spacial score (nSPS) is 13.5. The molecule has 1 heterocycles. The lowest BCUT2D eigenvalue weighted by Crippen LogP contribution is -2.05. The third-order valence-electron chi connectivity index (χ3n) is 1.56. The molecule has 0 spiro atoms. The van der Waals surface area contributed by atoms with Crippen LogP contribution in [-0.2, 0) is 6.54 Å². The Balaban J connectivity index is 3.07. The highest BCUT2D eigenvalue weighted by atomic mass is 32.1. The van der Waals surface area contributed by atoms with E-state index in [4.69, 9.17) is 0 Å². The van der Waals surface area contributed by atoms with Gasteiger partial charge in [-0.2, -0.15) is 5.10 Å². The quantitative estimate of drug-likeness (QED) is 0.659. The Hall–Kier alpha value is -0.480. The zero-order valence-corrected chi connectivity index (χ0v) is 7.55. The summed E-state index contributed by atoms with van der Waals surface area (Å²) in [7, 11) is 0. The first-order chi connectivity index (χ1) is 5.16. The molecule has 0 saturated carbocycles. The highest BCUT2D eigenvalue weighted by Gasteiger charge is 2.11. The van der Waals surface area contributed by atoms with Crippen molar-refractivity contribution in [1.29, 1.82) is 0 Å². The van der Waals surface area contributed by atoms with Gasteiger partial charge in [0.15, 0.2) is 0 Å². The van der Waals surface area contributed by atoms with Gasteiger partial charge >= 0.3 is 0 Å². The number of hydrogen-bond donors (Lipinski definition) is 2. The second-order valence-corrected chi connectivity index (χ2v) is 2.89. The SMILES string of the molecule is CCn1ncc(S)c1[C@@H](C)O. The van der Waals surface area contributed by atoms with Gasteiger partial charge in [0.25, 0.3) is 0 Å². The van der Waals surface area contributed by atoms with Crippen LogP contribution < -0.4 is 0 Å². The molecule has 0 aliphatic carbocycles. The van der Waals surface area contributed by atoms with E-state index >= 15 is 0 Å². The summed E-state index contributed by atoms with van der Waals surface area (Å²) in [5.41, 5.74) is 0.788. The van der Waals surface area contributed by atoms with Gasteiger partial charge in [-0.15, -0.1) is 12.6 Å². The second-order valence-electron chi connectivity index (χ2n) is 2.41. The molecule has 1 aromatic heterocycles. The van der Waals surface area contributed by atoms with Crippen molar-refractivity contribution in [3.05, 3.63) is 11.9 Å². The number of hydrogen-bond acceptors (Lipinski definition) is 3. The molecule has 0 aliphatic heterocycles. The zero-order chi connectivity index (χ0) is 8.43. The van der Waals surface area contributed by atoms with E-state index in [1.165, 1.54) is 0 Å². The van der Waals surface area contributed by atoms with Crippen molar-refractivity contribution in [1.82, 2.24) is 9.78 Å². The number of rotatable bonds is 2. The van der Waals surface area contributed by atoms with Crippen molar-refractivity contribution in [2.24, 2.45) is 0 Å². The van der Waals surface area contributed by atoms with Crippen LogP contribution >= 0.6 is 12.6 Å². The Kier molecular flexibility index (Phi) is 2.57. The molecule has 1 aromatic rings. The zero-order valence-electron chi connectivity index (χ0n) is 6.65. The van der Waals surface area contributed by atoms with Gasteiger partial charge in [0.1, 0.15) is 0 Å². The summed E-state index contributed by atoms with van der Waals surface area (Å²) in [6, 6.07) is 0. The highest BCUT2D eigenvalue weighted by molar-refractivity contribution is 7.80.